The molecular weight excluding hydrogens is 142 g/mol. The summed E-state index contributed by atoms with van der Waals surface area (Å²) in [6, 6.07) is -0.197. The number of ether oxygens (including phenoxy) is 1. The fourth-order valence-corrected chi connectivity index (χ4v) is 0.812. The molecule has 0 saturated heterocycles. The Bertz CT molecular complexity index is 143. The van der Waals surface area contributed by atoms with Gasteiger partial charge in [0.05, 0.1) is 7.11 Å². The minimum atomic E-state index is -0.213. The van der Waals surface area contributed by atoms with Gasteiger partial charge in [-0.15, -0.1) is 6.58 Å². The summed E-state index contributed by atoms with van der Waals surface area (Å²) in [6.07, 6.45) is 2.33. The smallest absolute Gasteiger partial charge is 0.323 e. The predicted molar refractivity (Wildman–Crippen MR) is 44.3 cm³/mol. The van der Waals surface area contributed by atoms with Gasteiger partial charge in [0.15, 0.2) is 0 Å². The third kappa shape index (κ3) is 3.18. The van der Waals surface area contributed by atoms with Crippen molar-refractivity contribution in [2.45, 2.75) is 12.5 Å². The van der Waals surface area contributed by atoms with Gasteiger partial charge < -0.3 is 4.74 Å². The van der Waals surface area contributed by atoms with Crippen LogP contribution in [0.25, 0.3) is 0 Å². The summed E-state index contributed by atoms with van der Waals surface area (Å²) in [5.41, 5.74) is 0. The molecule has 0 aliphatic rings. The van der Waals surface area contributed by atoms with Crippen LogP contribution in [0.15, 0.2) is 12.7 Å². The molecule has 0 fully saturated rings. The van der Waals surface area contributed by atoms with E-state index in [-0.39, 0.29) is 12.0 Å². The highest BCUT2D eigenvalue weighted by molar-refractivity contribution is 5.75. The monoisotopic (exact) mass is 157 g/mol. The number of methoxy groups -OCH3 is 1. The molecular formula is C8H15NO2. The molecule has 0 aromatic heterocycles. The number of hydrogen-bond acceptors (Lipinski definition) is 3. The molecule has 0 rings (SSSR count). The molecule has 0 spiro atoms. The summed E-state index contributed by atoms with van der Waals surface area (Å²) in [5.74, 6) is -0.213. The summed E-state index contributed by atoms with van der Waals surface area (Å²) in [6.45, 7) is 3.57. The van der Waals surface area contributed by atoms with Gasteiger partial charge in [-0.25, -0.2) is 0 Å². The topological polar surface area (TPSA) is 29.5 Å². The molecule has 0 bridgehead atoms. The highest BCUT2D eigenvalue weighted by Gasteiger charge is 2.18. The Morgan fingerprint density at radius 1 is 1.73 bits per heavy atom. The van der Waals surface area contributed by atoms with E-state index in [0.29, 0.717) is 6.42 Å². The van der Waals surface area contributed by atoms with Gasteiger partial charge in [-0.3, -0.25) is 9.69 Å². The van der Waals surface area contributed by atoms with Gasteiger partial charge in [0.25, 0.3) is 0 Å². The van der Waals surface area contributed by atoms with Crippen LogP contribution in [0.4, 0.5) is 0 Å². The summed E-state index contributed by atoms with van der Waals surface area (Å²) in [5, 5.41) is 0. The molecule has 0 aromatic carbocycles. The lowest BCUT2D eigenvalue weighted by atomic mass is 10.2. The normalized spacial score (nSPS) is 12.7. The van der Waals surface area contributed by atoms with E-state index in [0.717, 1.165) is 0 Å². The van der Waals surface area contributed by atoms with Gasteiger partial charge in [-0.2, -0.15) is 0 Å². The summed E-state index contributed by atoms with van der Waals surface area (Å²) in [4.78, 5) is 12.8. The Hall–Kier alpha value is -0.830. The van der Waals surface area contributed by atoms with Gasteiger partial charge in [0, 0.05) is 0 Å². The first kappa shape index (κ1) is 10.2. The molecule has 11 heavy (non-hydrogen) atoms. The lowest BCUT2D eigenvalue weighted by Gasteiger charge is -2.19. The van der Waals surface area contributed by atoms with E-state index in [1.54, 1.807) is 6.08 Å². The minimum absolute atomic E-state index is 0.197. The summed E-state index contributed by atoms with van der Waals surface area (Å²) in [7, 11) is 5.07. The van der Waals surface area contributed by atoms with Gasteiger partial charge >= 0.3 is 5.97 Å². The quantitative estimate of drug-likeness (QED) is 0.443. The van der Waals surface area contributed by atoms with E-state index in [4.69, 9.17) is 0 Å². The highest BCUT2D eigenvalue weighted by atomic mass is 16.5. The molecule has 3 nitrogen and oxygen atoms in total. The van der Waals surface area contributed by atoms with Crippen molar-refractivity contribution in [1.29, 1.82) is 0 Å². The zero-order chi connectivity index (χ0) is 8.85. The van der Waals surface area contributed by atoms with Crippen LogP contribution in [0.1, 0.15) is 6.42 Å². The van der Waals surface area contributed by atoms with Crippen LogP contribution in [0.5, 0.6) is 0 Å². The maximum Gasteiger partial charge on any atom is 0.323 e. The third-order valence-electron chi connectivity index (χ3n) is 1.49. The van der Waals surface area contributed by atoms with Crippen molar-refractivity contribution in [3.8, 4) is 0 Å². The highest BCUT2D eigenvalue weighted by Crippen LogP contribution is 2.01. The Morgan fingerprint density at radius 2 is 2.27 bits per heavy atom. The maximum atomic E-state index is 11.0. The minimum Gasteiger partial charge on any atom is -0.468 e. The van der Waals surface area contributed by atoms with Crippen molar-refractivity contribution in [2.75, 3.05) is 21.2 Å². The van der Waals surface area contributed by atoms with Crippen molar-refractivity contribution in [3.05, 3.63) is 12.7 Å². The van der Waals surface area contributed by atoms with Crippen molar-refractivity contribution in [3.63, 3.8) is 0 Å². The number of hydrogen-bond donors (Lipinski definition) is 0. The number of carbonyl (C=O) groups is 1. The van der Waals surface area contributed by atoms with E-state index in [9.17, 15) is 4.79 Å². The van der Waals surface area contributed by atoms with Gasteiger partial charge in [-0.05, 0) is 20.5 Å². The molecule has 0 heterocycles. The SMILES string of the molecule is C=CC[C@@H](C(=O)OC)N(C)C. The average Bonchev–Trinajstić information content (AvgIpc) is 1.98. The second kappa shape index (κ2) is 4.91. The lowest BCUT2D eigenvalue weighted by molar-refractivity contribution is -0.145. The van der Waals surface area contributed by atoms with Crippen molar-refractivity contribution < 1.29 is 9.53 Å². The van der Waals surface area contributed by atoms with Crippen LogP contribution >= 0.6 is 0 Å². The molecule has 64 valence electrons. The van der Waals surface area contributed by atoms with E-state index in [2.05, 4.69) is 11.3 Å². The molecule has 1 atom stereocenters. The summed E-state index contributed by atoms with van der Waals surface area (Å²) < 4.78 is 4.60. The standard InChI is InChI=1S/C8H15NO2/c1-5-6-7(9(2)3)8(10)11-4/h5,7H,1,6H2,2-4H3/t7-/m0/s1. The Morgan fingerprint density at radius 3 is 2.55 bits per heavy atom. The van der Waals surface area contributed by atoms with E-state index in [1.165, 1.54) is 7.11 Å². The Labute approximate surface area is 67.6 Å². The van der Waals surface area contributed by atoms with Crippen LogP contribution in [0.2, 0.25) is 0 Å². The van der Waals surface area contributed by atoms with Gasteiger partial charge in [-0.1, -0.05) is 6.08 Å². The zero-order valence-corrected chi connectivity index (χ0v) is 7.33. The van der Waals surface area contributed by atoms with Gasteiger partial charge in [0.2, 0.25) is 0 Å². The molecule has 0 radical (unpaired) electrons. The molecule has 3 heteroatoms. The fraction of sp³-hybridized carbons (Fsp3) is 0.625. The molecule has 0 amide bonds. The molecule has 0 N–H and O–H groups in total. The first-order chi connectivity index (χ1) is 5.13. The number of carbonyl (C=O) groups excluding carboxylic acids is 1. The predicted octanol–water partition coefficient (Wildman–Crippen LogP) is 0.666. The molecule has 0 unspecified atom stereocenters. The van der Waals surface area contributed by atoms with E-state index >= 15 is 0 Å². The number of esters is 1. The van der Waals surface area contributed by atoms with Crippen molar-refractivity contribution >= 4 is 5.97 Å². The Balaban J connectivity index is 4.08. The van der Waals surface area contributed by atoms with Crippen LogP contribution in [-0.4, -0.2) is 38.1 Å². The Kier molecular flexibility index (Phi) is 4.54. The number of likely N-dealkylation sites (N-methyl/N-ethyl adjacent to an activating group) is 1. The largest absolute Gasteiger partial charge is 0.468 e. The third-order valence-corrected chi connectivity index (χ3v) is 1.49. The first-order valence-corrected chi connectivity index (χ1v) is 3.48. The summed E-state index contributed by atoms with van der Waals surface area (Å²) >= 11 is 0. The van der Waals surface area contributed by atoms with Gasteiger partial charge in [0.1, 0.15) is 6.04 Å². The second-order valence-corrected chi connectivity index (χ2v) is 2.53. The van der Waals surface area contributed by atoms with Crippen molar-refractivity contribution in [1.82, 2.24) is 4.90 Å². The second-order valence-electron chi connectivity index (χ2n) is 2.53. The average molecular weight is 157 g/mol. The van der Waals surface area contributed by atoms with E-state index < -0.39 is 0 Å². The maximum absolute atomic E-state index is 11.0. The number of rotatable bonds is 4. The van der Waals surface area contributed by atoms with E-state index in [1.807, 2.05) is 19.0 Å². The number of nitrogens with zero attached hydrogens (tertiary/aromatic N) is 1. The molecule has 0 aliphatic carbocycles. The van der Waals surface area contributed by atoms with Crippen LogP contribution in [-0.2, 0) is 9.53 Å². The zero-order valence-electron chi connectivity index (χ0n) is 7.33. The van der Waals surface area contributed by atoms with Crippen LogP contribution < -0.4 is 0 Å². The molecule has 0 aromatic rings. The lowest BCUT2D eigenvalue weighted by Crippen LogP contribution is -2.36. The van der Waals surface area contributed by atoms with Crippen molar-refractivity contribution in [2.24, 2.45) is 0 Å². The fourth-order valence-electron chi connectivity index (χ4n) is 0.812. The first-order valence-electron chi connectivity index (χ1n) is 3.48. The molecule has 0 saturated carbocycles. The van der Waals surface area contributed by atoms with Crippen LogP contribution in [0, 0.1) is 0 Å². The molecule has 0 aliphatic heterocycles. The van der Waals surface area contributed by atoms with Crippen LogP contribution in [0.3, 0.4) is 0 Å².